The third-order valence-corrected chi connectivity index (χ3v) is 3.66. The van der Waals surface area contributed by atoms with Gasteiger partial charge in [-0.1, -0.05) is 32.6 Å². The molecule has 0 aromatic carbocycles. The molecular formula is C9H19O2P. The molecule has 0 radical (unpaired) electrons. The van der Waals surface area contributed by atoms with Gasteiger partial charge in [-0.15, -0.1) is 0 Å². The Morgan fingerprint density at radius 3 is 2.67 bits per heavy atom. The molecule has 1 aliphatic rings. The Bertz CT molecular complexity index is 141. The summed E-state index contributed by atoms with van der Waals surface area (Å²) in [6.07, 6.45) is 7.29. The van der Waals surface area contributed by atoms with E-state index >= 15 is 0 Å². The highest BCUT2D eigenvalue weighted by Crippen LogP contribution is 2.29. The largest absolute Gasteiger partial charge is 0.330 e. The van der Waals surface area contributed by atoms with Crippen LogP contribution < -0.4 is 0 Å². The molecule has 2 nitrogen and oxygen atoms in total. The minimum Gasteiger partial charge on any atom is -0.330 e. The van der Waals surface area contributed by atoms with E-state index in [0.717, 1.165) is 18.9 Å². The van der Waals surface area contributed by atoms with Crippen LogP contribution in [0.1, 0.15) is 39.0 Å². The molecular weight excluding hydrogens is 171 g/mol. The molecule has 3 heteroatoms. The molecule has 0 amide bonds. The van der Waals surface area contributed by atoms with Crippen molar-refractivity contribution in [3.05, 3.63) is 0 Å². The summed E-state index contributed by atoms with van der Waals surface area (Å²) in [4.78, 5) is 0. The van der Waals surface area contributed by atoms with Crippen LogP contribution in [0, 0.1) is 5.92 Å². The van der Waals surface area contributed by atoms with Crippen LogP contribution in [0.3, 0.4) is 0 Å². The summed E-state index contributed by atoms with van der Waals surface area (Å²) in [6.45, 7) is 2.63. The standard InChI is InChI=1S/C9H19O2P/c1-2-12(10)11-8-7-9-5-3-4-6-9/h9,12H,2-8H2,1H3. The summed E-state index contributed by atoms with van der Waals surface area (Å²) < 4.78 is 16.1. The normalized spacial score (nSPS) is 21.4. The lowest BCUT2D eigenvalue weighted by Crippen LogP contribution is -1.98. The molecule has 0 spiro atoms. The molecule has 0 saturated heterocycles. The van der Waals surface area contributed by atoms with Gasteiger partial charge in [0.25, 0.3) is 0 Å². The molecule has 12 heavy (non-hydrogen) atoms. The molecule has 1 atom stereocenters. The molecule has 72 valence electrons. The lowest BCUT2D eigenvalue weighted by Gasteiger charge is -2.07. The monoisotopic (exact) mass is 190 g/mol. The van der Waals surface area contributed by atoms with Crippen molar-refractivity contribution in [2.75, 3.05) is 12.8 Å². The van der Waals surface area contributed by atoms with Gasteiger partial charge < -0.3 is 4.52 Å². The number of hydrogen-bond donors (Lipinski definition) is 0. The predicted molar refractivity (Wildman–Crippen MR) is 52.1 cm³/mol. The fraction of sp³-hybridized carbons (Fsp3) is 1.00. The minimum atomic E-state index is -1.67. The maximum Gasteiger partial charge on any atom is 0.191 e. The van der Waals surface area contributed by atoms with Crippen molar-refractivity contribution in [3.8, 4) is 0 Å². The van der Waals surface area contributed by atoms with Gasteiger partial charge in [-0.2, -0.15) is 0 Å². The minimum absolute atomic E-state index is 0.690. The molecule has 0 N–H and O–H groups in total. The van der Waals surface area contributed by atoms with Crippen molar-refractivity contribution in [1.29, 1.82) is 0 Å². The fourth-order valence-corrected chi connectivity index (χ4v) is 2.29. The molecule has 1 aliphatic carbocycles. The van der Waals surface area contributed by atoms with E-state index < -0.39 is 8.03 Å². The van der Waals surface area contributed by atoms with Crippen LogP contribution in [-0.4, -0.2) is 12.8 Å². The average Bonchev–Trinajstić information content (AvgIpc) is 2.57. The van der Waals surface area contributed by atoms with Gasteiger partial charge in [-0.3, -0.25) is 4.57 Å². The van der Waals surface area contributed by atoms with Gasteiger partial charge in [-0.05, 0) is 12.3 Å². The Morgan fingerprint density at radius 2 is 2.08 bits per heavy atom. The van der Waals surface area contributed by atoms with Gasteiger partial charge in [-0.25, -0.2) is 0 Å². The molecule has 0 heterocycles. The van der Waals surface area contributed by atoms with Crippen LogP contribution in [0.4, 0.5) is 0 Å². The van der Waals surface area contributed by atoms with Crippen molar-refractivity contribution in [1.82, 2.24) is 0 Å². The van der Waals surface area contributed by atoms with Crippen LogP contribution in [0.15, 0.2) is 0 Å². The van der Waals surface area contributed by atoms with Crippen molar-refractivity contribution in [3.63, 3.8) is 0 Å². The zero-order valence-electron chi connectivity index (χ0n) is 7.84. The van der Waals surface area contributed by atoms with Crippen LogP contribution >= 0.6 is 8.03 Å². The van der Waals surface area contributed by atoms with Gasteiger partial charge in [0.2, 0.25) is 0 Å². The zero-order chi connectivity index (χ0) is 8.81. The Labute approximate surface area is 75.6 Å². The summed E-state index contributed by atoms with van der Waals surface area (Å²) in [5, 5.41) is 0. The molecule has 0 aromatic rings. The Hall–Kier alpha value is 0.190. The molecule has 1 unspecified atom stereocenters. The van der Waals surface area contributed by atoms with Crippen LogP contribution in [0.25, 0.3) is 0 Å². The van der Waals surface area contributed by atoms with E-state index in [1.54, 1.807) is 0 Å². The summed E-state index contributed by atoms with van der Waals surface area (Å²) >= 11 is 0. The van der Waals surface area contributed by atoms with E-state index in [-0.39, 0.29) is 0 Å². The predicted octanol–water partition coefficient (Wildman–Crippen LogP) is 3.08. The maximum atomic E-state index is 10.9. The van der Waals surface area contributed by atoms with Gasteiger partial charge in [0, 0.05) is 6.16 Å². The van der Waals surface area contributed by atoms with Crippen molar-refractivity contribution in [2.45, 2.75) is 39.0 Å². The van der Waals surface area contributed by atoms with E-state index in [0.29, 0.717) is 6.16 Å². The van der Waals surface area contributed by atoms with Gasteiger partial charge in [0.15, 0.2) is 8.03 Å². The van der Waals surface area contributed by atoms with Crippen molar-refractivity contribution < 1.29 is 9.09 Å². The highest BCUT2D eigenvalue weighted by Gasteiger charge is 2.14. The van der Waals surface area contributed by atoms with Crippen molar-refractivity contribution >= 4 is 8.03 Å². The van der Waals surface area contributed by atoms with Crippen LogP contribution in [0.5, 0.6) is 0 Å². The second-order valence-electron chi connectivity index (χ2n) is 3.51. The number of rotatable bonds is 5. The maximum absolute atomic E-state index is 10.9. The fourth-order valence-electron chi connectivity index (χ4n) is 1.74. The highest BCUT2D eigenvalue weighted by molar-refractivity contribution is 7.39. The Kier molecular flexibility index (Phi) is 4.94. The second-order valence-corrected chi connectivity index (χ2v) is 5.25. The third kappa shape index (κ3) is 3.73. The van der Waals surface area contributed by atoms with E-state index in [1.165, 1.54) is 25.7 Å². The Balaban J connectivity index is 1.97. The van der Waals surface area contributed by atoms with Gasteiger partial charge >= 0.3 is 0 Å². The number of hydrogen-bond acceptors (Lipinski definition) is 2. The molecule has 1 fully saturated rings. The molecule has 1 saturated carbocycles. The topological polar surface area (TPSA) is 26.3 Å². The molecule has 1 rings (SSSR count). The highest BCUT2D eigenvalue weighted by atomic mass is 31.1. The average molecular weight is 190 g/mol. The summed E-state index contributed by atoms with van der Waals surface area (Å²) in [7, 11) is -1.67. The zero-order valence-corrected chi connectivity index (χ0v) is 8.84. The first-order valence-corrected chi connectivity index (χ1v) is 6.51. The SMILES string of the molecule is CC[PH](=O)OCCC1CCCC1. The first kappa shape index (κ1) is 10.3. The van der Waals surface area contributed by atoms with Gasteiger partial charge in [0.05, 0.1) is 6.61 Å². The lowest BCUT2D eigenvalue weighted by atomic mass is 10.1. The summed E-state index contributed by atoms with van der Waals surface area (Å²) in [6, 6.07) is 0. The Morgan fingerprint density at radius 1 is 1.42 bits per heavy atom. The van der Waals surface area contributed by atoms with E-state index in [4.69, 9.17) is 4.52 Å². The second kappa shape index (κ2) is 5.77. The molecule has 0 aliphatic heterocycles. The third-order valence-electron chi connectivity index (χ3n) is 2.55. The summed E-state index contributed by atoms with van der Waals surface area (Å²) in [5.41, 5.74) is 0. The van der Waals surface area contributed by atoms with E-state index in [1.807, 2.05) is 6.92 Å². The lowest BCUT2D eigenvalue weighted by molar-refractivity contribution is 0.290. The van der Waals surface area contributed by atoms with Crippen molar-refractivity contribution in [2.24, 2.45) is 5.92 Å². The van der Waals surface area contributed by atoms with Gasteiger partial charge in [0.1, 0.15) is 0 Å². The quantitative estimate of drug-likeness (QED) is 0.623. The van der Waals surface area contributed by atoms with E-state index in [9.17, 15) is 4.57 Å². The van der Waals surface area contributed by atoms with E-state index in [2.05, 4.69) is 0 Å². The first-order valence-electron chi connectivity index (χ1n) is 4.98. The molecule has 0 aromatic heterocycles. The summed E-state index contributed by atoms with van der Waals surface area (Å²) in [5.74, 6) is 0.858. The molecule has 0 bridgehead atoms. The smallest absolute Gasteiger partial charge is 0.191 e. The van der Waals surface area contributed by atoms with Crippen LogP contribution in [0.2, 0.25) is 0 Å². The first-order chi connectivity index (χ1) is 5.83. The van der Waals surface area contributed by atoms with Crippen LogP contribution in [-0.2, 0) is 9.09 Å².